The van der Waals surface area contributed by atoms with Gasteiger partial charge in [-0.2, -0.15) is 0 Å². The van der Waals surface area contributed by atoms with E-state index in [1.165, 1.54) is 4.90 Å². The molecule has 1 atom stereocenters. The molecule has 1 unspecified atom stereocenters. The minimum atomic E-state index is -0.721. The number of carbonyl (C=O) groups is 2. The van der Waals surface area contributed by atoms with Gasteiger partial charge in [0.05, 0.1) is 17.7 Å². The third-order valence-electron chi connectivity index (χ3n) is 5.71. The second-order valence-corrected chi connectivity index (χ2v) is 8.89. The molecule has 180 valence electrons. The highest BCUT2D eigenvalue weighted by Crippen LogP contribution is 2.41. The fourth-order valence-electron chi connectivity index (χ4n) is 4.11. The molecule has 2 heterocycles. The first-order chi connectivity index (χ1) is 16.3. The van der Waals surface area contributed by atoms with Crippen LogP contribution >= 0.6 is 0 Å². The van der Waals surface area contributed by atoms with Gasteiger partial charge in [-0.3, -0.25) is 9.59 Å². The van der Waals surface area contributed by atoms with Crippen molar-refractivity contribution < 1.29 is 28.9 Å². The molecule has 0 aliphatic carbocycles. The summed E-state index contributed by atoms with van der Waals surface area (Å²) >= 11 is 0. The summed E-state index contributed by atoms with van der Waals surface area (Å²) in [4.78, 5) is 29.7. The highest BCUT2D eigenvalue weighted by molar-refractivity contribution is 6.46. The van der Waals surface area contributed by atoms with Crippen molar-refractivity contribution in [2.75, 3.05) is 40.4 Å². The average molecular weight is 467 g/mol. The Morgan fingerprint density at radius 3 is 2.41 bits per heavy atom. The van der Waals surface area contributed by atoms with Crippen molar-refractivity contribution in [2.24, 2.45) is 0 Å². The summed E-state index contributed by atoms with van der Waals surface area (Å²) in [6.45, 7) is 5.64. The van der Waals surface area contributed by atoms with Gasteiger partial charge in [0.25, 0.3) is 11.7 Å². The molecule has 1 fully saturated rings. The van der Waals surface area contributed by atoms with Gasteiger partial charge in [-0.15, -0.1) is 0 Å². The average Bonchev–Trinajstić information content (AvgIpc) is 3.07. The van der Waals surface area contributed by atoms with Gasteiger partial charge in [0.15, 0.2) is 11.5 Å². The van der Waals surface area contributed by atoms with Crippen LogP contribution in [0.15, 0.2) is 48.0 Å². The Balaban J connectivity index is 1.78. The van der Waals surface area contributed by atoms with Crippen molar-refractivity contribution in [3.63, 3.8) is 0 Å². The molecule has 0 aromatic heterocycles. The Kier molecular flexibility index (Phi) is 6.79. The first kappa shape index (κ1) is 23.6. The summed E-state index contributed by atoms with van der Waals surface area (Å²) in [5.41, 5.74) is 1.16. The molecule has 0 radical (unpaired) electrons. The third kappa shape index (κ3) is 4.72. The molecule has 0 bridgehead atoms. The molecule has 8 heteroatoms. The second-order valence-electron chi connectivity index (χ2n) is 8.89. The van der Waals surface area contributed by atoms with Crippen LogP contribution in [-0.2, 0) is 9.59 Å². The van der Waals surface area contributed by atoms with Gasteiger partial charge in [-0.05, 0) is 63.8 Å². The molecular formula is C26H30N2O6. The van der Waals surface area contributed by atoms with Crippen molar-refractivity contribution in [2.45, 2.75) is 26.0 Å². The zero-order chi connectivity index (χ0) is 24.4. The van der Waals surface area contributed by atoms with E-state index >= 15 is 0 Å². The Morgan fingerprint density at radius 1 is 1.09 bits per heavy atom. The van der Waals surface area contributed by atoms with E-state index in [-0.39, 0.29) is 17.4 Å². The monoisotopic (exact) mass is 466 g/mol. The van der Waals surface area contributed by atoms with Crippen LogP contribution in [0.25, 0.3) is 5.76 Å². The molecule has 2 aliphatic heterocycles. The van der Waals surface area contributed by atoms with E-state index < -0.39 is 17.7 Å². The predicted molar refractivity (Wildman–Crippen MR) is 127 cm³/mol. The first-order valence-corrected chi connectivity index (χ1v) is 11.4. The lowest BCUT2D eigenvalue weighted by atomic mass is 9.95. The smallest absolute Gasteiger partial charge is 0.295 e. The van der Waals surface area contributed by atoms with Crippen molar-refractivity contribution in [1.29, 1.82) is 0 Å². The van der Waals surface area contributed by atoms with E-state index in [0.29, 0.717) is 54.7 Å². The lowest BCUT2D eigenvalue weighted by Gasteiger charge is -2.27. The number of Topliss-reactive ketones (excluding diaryl/α,β-unsaturated/α-hetero) is 1. The van der Waals surface area contributed by atoms with Crippen LogP contribution in [0.2, 0.25) is 0 Å². The van der Waals surface area contributed by atoms with Gasteiger partial charge < -0.3 is 29.1 Å². The number of likely N-dealkylation sites (tertiary alicyclic amines) is 1. The Morgan fingerprint density at radius 2 is 1.76 bits per heavy atom. The second kappa shape index (κ2) is 9.77. The highest BCUT2D eigenvalue weighted by Gasteiger charge is 2.46. The number of rotatable bonds is 7. The zero-order valence-electron chi connectivity index (χ0n) is 19.9. The summed E-state index contributed by atoms with van der Waals surface area (Å²) in [5.74, 6) is 0.175. The van der Waals surface area contributed by atoms with E-state index in [9.17, 15) is 14.7 Å². The fourth-order valence-corrected chi connectivity index (χ4v) is 4.11. The normalized spacial score (nSPS) is 19.2. The summed E-state index contributed by atoms with van der Waals surface area (Å²) in [6, 6.07) is 11.5. The molecule has 2 aromatic carbocycles. The van der Waals surface area contributed by atoms with Crippen LogP contribution in [0, 0.1) is 0 Å². The van der Waals surface area contributed by atoms with Crippen molar-refractivity contribution in [3.8, 4) is 17.2 Å². The standard InChI is InChI=1S/C26H30N2O6/c1-16(2)34-19-8-5-17(6-9-19)23-22(25(30)26(31)28(23)12-11-27(3)4)24(29)18-7-10-20-21(15-18)33-14-13-32-20/h5-10,15-16,23,29H,11-14H2,1-4H3/b24-22-. The van der Waals surface area contributed by atoms with Gasteiger partial charge >= 0.3 is 0 Å². The minimum Gasteiger partial charge on any atom is -0.507 e. The molecule has 1 saturated heterocycles. The minimum absolute atomic E-state index is 0.0202. The maximum atomic E-state index is 13.2. The number of likely N-dealkylation sites (N-methyl/N-ethyl adjacent to an activating group) is 1. The number of nitrogens with zero attached hydrogens (tertiary/aromatic N) is 2. The number of hydrogen-bond acceptors (Lipinski definition) is 7. The lowest BCUT2D eigenvalue weighted by Crippen LogP contribution is -2.35. The van der Waals surface area contributed by atoms with Gasteiger partial charge in [0, 0.05) is 18.7 Å². The van der Waals surface area contributed by atoms with Crippen molar-refractivity contribution in [3.05, 3.63) is 59.2 Å². The number of benzene rings is 2. The van der Waals surface area contributed by atoms with Crippen LogP contribution in [0.1, 0.15) is 31.0 Å². The number of ketones is 1. The van der Waals surface area contributed by atoms with Gasteiger partial charge in [-0.1, -0.05) is 12.1 Å². The number of carbonyl (C=O) groups excluding carboxylic acids is 2. The fraction of sp³-hybridized carbons (Fsp3) is 0.385. The van der Waals surface area contributed by atoms with Gasteiger partial charge in [0.2, 0.25) is 0 Å². The molecule has 8 nitrogen and oxygen atoms in total. The number of amides is 1. The largest absolute Gasteiger partial charge is 0.507 e. The highest BCUT2D eigenvalue weighted by atomic mass is 16.6. The first-order valence-electron chi connectivity index (χ1n) is 11.4. The molecule has 34 heavy (non-hydrogen) atoms. The quantitative estimate of drug-likeness (QED) is 0.381. The Bertz CT molecular complexity index is 1110. The van der Waals surface area contributed by atoms with Gasteiger partial charge in [-0.25, -0.2) is 0 Å². The maximum absolute atomic E-state index is 13.2. The predicted octanol–water partition coefficient (Wildman–Crippen LogP) is 3.23. The molecule has 1 N–H and O–H groups in total. The Hall–Kier alpha value is -3.52. The number of ether oxygens (including phenoxy) is 3. The molecule has 1 amide bonds. The number of hydrogen-bond donors (Lipinski definition) is 1. The molecule has 4 rings (SSSR count). The number of aliphatic hydroxyl groups excluding tert-OH is 1. The van der Waals surface area contributed by atoms with E-state index in [1.54, 1.807) is 18.2 Å². The van der Waals surface area contributed by atoms with Crippen LogP contribution < -0.4 is 14.2 Å². The topological polar surface area (TPSA) is 88.5 Å². The van der Waals surface area contributed by atoms with Crippen molar-refractivity contribution >= 4 is 17.4 Å². The van der Waals surface area contributed by atoms with E-state index in [1.807, 2.05) is 57.1 Å². The van der Waals surface area contributed by atoms with Crippen LogP contribution in [0.3, 0.4) is 0 Å². The summed E-state index contributed by atoms with van der Waals surface area (Å²) in [6.07, 6.45) is 0.0202. The van der Waals surface area contributed by atoms with E-state index in [2.05, 4.69) is 0 Å². The SMILES string of the molecule is CC(C)Oc1ccc(C2/C(=C(/O)c3ccc4c(c3)OCCO4)C(=O)C(=O)N2CCN(C)C)cc1. The molecule has 0 saturated carbocycles. The Labute approximate surface area is 199 Å². The van der Waals surface area contributed by atoms with E-state index in [0.717, 1.165) is 0 Å². The van der Waals surface area contributed by atoms with E-state index in [4.69, 9.17) is 14.2 Å². The van der Waals surface area contributed by atoms with Crippen LogP contribution in [-0.4, -0.2) is 73.1 Å². The summed E-state index contributed by atoms with van der Waals surface area (Å²) in [5, 5.41) is 11.3. The third-order valence-corrected chi connectivity index (χ3v) is 5.71. The van der Waals surface area contributed by atoms with Crippen LogP contribution in [0.4, 0.5) is 0 Å². The lowest BCUT2D eigenvalue weighted by molar-refractivity contribution is -0.140. The molecule has 0 spiro atoms. The summed E-state index contributed by atoms with van der Waals surface area (Å²) in [7, 11) is 3.80. The summed E-state index contributed by atoms with van der Waals surface area (Å²) < 4.78 is 16.9. The molecule has 2 aliphatic rings. The maximum Gasteiger partial charge on any atom is 0.295 e. The van der Waals surface area contributed by atoms with Crippen LogP contribution in [0.5, 0.6) is 17.2 Å². The number of fused-ring (bicyclic) bond motifs is 1. The zero-order valence-corrected chi connectivity index (χ0v) is 19.9. The number of aliphatic hydroxyl groups is 1. The van der Waals surface area contributed by atoms with Crippen molar-refractivity contribution in [1.82, 2.24) is 9.80 Å². The molecular weight excluding hydrogens is 436 g/mol. The van der Waals surface area contributed by atoms with Gasteiger partial charge in [0.1, 0.15) is 24.7 Å². The molecule has 2 aromatic rings.